The zero-order valence-electron chi connectivity index (χ0n) is 14.1. The fourth-order valence-corrected chi connectivity index (χ4v) is 6.20. The smallest absolute Gasteiger partial charge is 0.210 e. The molecule has 0 aliphatic carbocycles. The van der Waals surface area contributed by atoms with Gasteiger partial charge in [0.15, 0.2) is 5.15 Å². The standard InChI is InChI=1S/C19H13ClFN2O2S2/c1-11-14(15-9-12(21)7-8-16(15)22-11)10-17-18(19(20)23-26-17)27(24,25)13-5-3-2-4-6-13/h2-9H,10H2,1H3. The molecule has 8 heteroatoms. The largest absolute Gasteiger partial charge is 0.253 e. The third kappa shape index (κ3) is 3.16. The molecule has 2 aromatic carbocycles. The van der Waals surface area contributed by atoms with Crippen molar-refractivity contribution in [2.24, 2.45) is 0 Å². The van der Waals surface area contributed by atoms with Crippen LogP contribution in [0.3, 0.4) is 0 Å². The van der Waals surface area contributed by atoms with E-state index in [1.807, 2.05) is 6.92 Å². The zero-order valence-corrected chi connectivity index (χ0v) is 16.5. The second kappa shape index (κ2) is 6.74. The zero-order chi connectivity index (χ0) is 19.2. The lowest BCUT2D eigenvalue weighted by molar-refractivity contribution is 0.595. The van der Waals surface area contributed by atoms with E-state index >= 15 is 0 Å². The monoisotopic (exact) mass is 419 g/mol. The van der Waals surface area contributed by atoms with Gasteiger partial charge >= 0.3 is 0 Å². The number of hydrogen-bond donors (Lipinski definition) is 0. The molecule has 27 heavy (non-hydrogen) atoms. The number of nitrogens with zero attached hydrogens (tertiary/aromatic N) is 2. The lowest BCUT2D eigenvalue weighted by Gasteiger charge is -2.08. The lowest BCUT2D eigenvalue weighted by atomic mass is 10.0. The van der Waals surface area contributed by atoms with Gasteiger partial charge in [0, 0.05) is 17.7 Å². The van der Waals surface area contributed by atoms with Crippen LogP contribution in [0.1, 0.15) is 17.4 Å². The van der Waals surface area contributed by atoms with Crippen molar-refractivity contribution in [3.63, 3.8) is 0 Å². The number of allylic oxidation sites excluding steroid dienone is 2. The molecule has 0 bridgehead atoms. The predicted octanol–water partition coefficient (Wildman–Crippen LogP) is 4.99. The van der Waals surface area contributed by atoms with Crippen molar-refractivity contribution in [3.05, 3.63) is 75.6 Å². The Morgan fingerprint density at radius 1 is 1.15 bits per heavy atom. The molecule has 1 radical (unpaired) electrons. The highest BCUT2D eigenvalue weighted by Crippen LogP contribution is 2.40. The van der Waals surface area contributed by atoms with Crippen LogP contribution in [0.5, 0.6) is 0 Å². The molecule has 0 N–H and O–H groups in total. The van der Waals surface area contributed by atoms with Crippen LogP contribution in [-0.2, 0) is 16.3 Å². The lowest BCUT2D eigenvalue weighted by Crippen LogP contribution is -2.05. The summed E-state index contributed by atoms with van der Waals surface area (Å²) in [5, 5.41) is 4.39. The van der Waals surface area contributed by atoms with Crippen LogP contribution in [0.25, 0.3) is 5.57 Å². The number of hydrogen-bond acceptors (Lipinski definition) is 4. The van der Waals surface area contributed by atoms with Crippen LogP contribution >= 0.6 is 23.1 Å². The molecule has 4 nitrogen and oxygen atoms in total. The van der Waals surface area contributed by atoms with E-state index < -0.39 is 9.84 Å². The predicted molar refractivity (Wildman–Crippen MR) is 104 cm³/mol. The third-order valence-corrected chi connectivity index (χ3v) is 7.67. The molecule has 4 rings (SSSR count). The Labute approximate surface area is 165 Å². The molecular formula is C19H13ClFN2O2S2. The van der Waals surface area contributed by atoms with Gasteiger partial charge in [0.2, 0.25) is 9.84 Å². The fraction of sp³-hybridized carbons (Fsp3) is 0.105. The van der Waals surface area contributed by atoms with Crippen LogP contribution in [0.15, 0.2) is 64.0 Å². The first-order valence-electron chi connectivity index (χ1n) is 8.03. The highest BCUT2D eigenvalue weighted by Gasteiger charge is 2.30. The number of benzene rings is 2. The van der Waals surface area contributed by atoms with E-state index in [2.05, 4.69) is 9.69 Å². The van der Waals surface area contributed by atoms with Gasteiger partial charge in [0.25, 0.3) is 0 Å². The van der Waals surface area contributed by atoms with Gasteiger partial charge in [-0.1, -0.05) is 29.8 Å². The van der Waals surface area contributed by atoms with E-state index in [9.17, 15) is 12.8 Å². The summed E-state index contributed by atoms with van der Waals surface area (Å²) in [6, 6.07) is 12.5. The van der Waals surface area contributed by atoms with Crippen LogP contribution < -0.4 is 5.32 Å². The quantitative estimate of drug-likeness (QED) is 0.598. The molecule has 137 valence electrons. The van der Waals surface area contributed by atoms with E-state index in [0.29, 0.717) is 16.1 Å². The molecule has 0 spiro atoms. The summed E-state index contributed by atoms with van der Waals surface area (Å²) in [4.78, 5) is 0.664. The maximum absolute atomic E-state index is 13.7. The second-order valence-corrected chi connectivity index (χ2v) is 9.16. The molecule has 0 amide bonds. The van der Waals surface area contributed by atoms with E-state index in [0.717, 1.165) is 22.8 Å². The van der Waals surface area contributed by atoms with Gasteiger partial charge in [0.05, 0.1) is 15.5 Å². The first-order chi connectivity index (χ1) is 12.9. The van der Waals surface area contributed by atoms with Crippen LogP contribution in [0, 0.1) is 5.82 Å². The Hall–Kier alpha value is -2.22. The van der Waals surface area contributed by atoms with Crippen molar-refractivity contribution >= 4 is 44.2 Å². The fourth-order valence-electron chi connectivity index (χ4n) is 3.06. The van der Waals surface area contributed by atoms with E-state index in [1.165, 1.54) is 24.3 Å². The summed E-state index contributed by atoms with van der Waals surface area (Å²) in [6.07, 6.45) is 0.261. The van der Waals surface area contributed by atoms with Gasteiger partial charge in [-0.05, 0) is 54.4 Å². The van der Waals surface area contributed by atoms with Crippen molar-refractivity contribution in [3.8, 4) is 0 Å². The second-order valence-electron chi connectivity index (χ2n) is 6.06. The van der Waals surface area contributed by atoms with Gasteiger partial charge < -0.3 is 0 Å². The maximum Gasteiger partial charge on any atom is 0.210 e. The Bertz CT molecular complexity index is 1170. The Kier molecular flexibility index (Phi) is 4.53. The van der Waals surface area contributed by atoms with Gasteiger partial charge in [-0.3, -0.25) is 5.32 Å². The van der Waals surface area contributed by atoms with Crippen LogP contribution in [0.4, 0.5) is 10.1 Å². The minimum Gasteiger partial charge on any atom is -0.253 e. The van der Waals surface area contributed by atoms with Gasteiger partial charge in [0.1, 0.15) is 10.7 Å². The summed E-state index contributed by atoms with van der Waals surface area (Å²) < 4.78 is 43.9. The normalized spacial score (nSPS) is 13.6. The van der Waals surface area contributed by atoms with Crippen molar-refractivity contribution in [2.75, 3.05) is 0 Å². The highest BCUT2D eigenvalue weighted by atomic mass is 35.5. The molecule has 1 aliphatic heterocycles. The van der Waals surface area contributed by atoms with Crippen LogP contribution in [0.2, 0.25) is 5.15 Å². The van der Waals surface area contributed by atoms with Crippen molar-refractivity contribution in [2.45, 2.75) is 23.1 Å². The van der Waals surface area contributed by atoms with Crippen molar-refractivity contribution in [1.29, 1.82) is 0 Å². The average Bonchev–Trinajstić information content (AvgIpc) is 3.16. The molecule has 2 heterocycles. The summed E-state index contributed by atoms with van der Waals surface area (Å²) in [5.41, 5.74) is 2.84. The molecule has 0 unspecified atom stereocenters. The Morgan fingerprint density at radius 3 is 2.63 bits per heavy atom. The van der Waals surface area contributed by atoms with Crippen LogP contribution in [-0.4, -0.2) is 12.8 Å². The first kappa shape index (κ1) is 18.2. The van der Waals surface area contributed by atoms with Gasteiger partial charge in [-0.2, -0.15) is 4.37 Å². The van der Waals surface area contributed by atoms with E-state index in [4.69, 9.17) is 11.6 Å². The summed E-state index contributed by atoms with van der Waals surface area (Å²) in [6.45, 7) is 1.82. The molecule has 0 saturated heterocycles. The topological polar surface area (TPSA) is 61.1 Å². The molecule has 0 atom stereocenters. The number of halogens is 2. The molecule has 0 saturated carbocycles. The Balaban J connectivity index is 1.79. The molecule has 1 aromatic heterocycles. The number of rotatable bonds is 4. The van der Waals surface area contributed by atoms with E-state index in [1.54, 1.807) is 24.3 Å². The summed E-state index contributed by atoms with van der Waals surface area (Å²) in [7, 11) is -3.81. The number of fused-ring (bicyclic) bond motifs is 1. The number of aromatic nitrogens is 1. The first-order valence-corrected chi connectivity index (χ1v) is 10.7. The van der Waals surface area contributed by atoms with Gasteiger partial charge in [-0.15, -0.1) is 0 Å². The average molecular weight is 420 g/mol. The van der Waals surface area contributed by atoms with E-state index in [-0.39, 0.29) is 27.2 Å². The SMILES string of the molecule is CC1=C(Cc2snc(Cl)c2S(=O)(=O)c2ccccc2)c2cc(F)ccc2[N]1. The van der Waals surface area contributed by atoms with Crippen molar-refractivity contribution in [1.82, 2.24) is 9.69 Å². The third-order valence-electron chi connectivity index (χ3n) is 4.34. The maximum atomic E-state index is 13.7. The van der Waals surface area contributed by atoms with Crippen molar-refractivity contribution < 1.29 is 12.8 Å². The minimum atomic E-state index is -3.81. The highest BCUT2D eigenvalue weighted by molar-refractivity contribution is 7.91. The number of sulfone groups is 1. The Morgan fingerprint density at radius 2 is 1.89 bits per heavy atom. The summed E-state index contributed by atoms with van der Waals surface area (Å²) in [5.74, 6) is -0.365. The summed E-state index contributed by atoms with van der Waals surface area (Å²) >= 11 is 7.18. The minimum absolute atomic E-state index is 0.00511. The molecule has 0 fully saturated rings. The molecule has 3 aromatic rings. The molecule has 1 aliphatic rings. The van der Waals surface area contributed by atoms with Gasteiger partial charge in [-0.25, -0.2) is 12.8 Å². The molecular weight excluding hydrogens is 407 g/mol.